The normalized spacial score (nSPS) is 18.3. The van der Waals surface area contributed by atoms with Crippen LogP contribution in [0.3, 0.4) is 0 Å². The van der Waals surface area contributed by atoms with E-state index in [1.807, 2.05) is 0 Å². The van der Waals surface area contributed by atoms with Crippen molar-refractivity contribution in [2.45, 2.75) is 104 Å². The van der Waals surface area contributed by atoms with Crippen LogP contribution in [0.15, 0.2) is 25.6 Å². The van der Waals surface area contributed by atoms with Crippen LogP contribution in [0.2, 0.25) is 0 Å². The fourth-order valence-electron chi connectivity index (χ4n) is 7.26. The first-order chi connectivity index (χ1) is 21.5. The average molecular weight is 615 g/mol. The first kappa shape index (κ1) is 30.4. The fourth-order valence-corrected chi connectivity index (χ4v) is 7.26. The number of pyridine rings is 2. The third kappa shape index (κ3) is 4.96. The molecular weight excluding hydrogens is 576 g/mol. The van der Waals surface area contributed by atoms with Crippen LogP contribution in [0.25, 0.3) is 23.2 Å². The van der Waals surface area contributed by atoms with Gasteiger partial charge in [0.05, 0.1) is 23.0 Å². The Morgan fingerprint density at radius 1 is 0.778 bits per heavy atom. The number of aromatic nitrogens is 4. The van der Waals surface area contributed by atoms with Gasteiger partial charge < -0.3 is 0 Å². The third-order valence-corrected chi connectivity index (χ3v) is 9.62. The van der Waals surface area contributed by atoms with Gasteiger partial charge in [0.2, 0.25) is 11.8 Å². The maximum atomic E-state index is 13.6. The van der Waals surface area contributed by atoms with Crippen molar-refractivity contribution in [2.75, 3.05) is 0 Å². The summed E-state index contributed by atoms with van der Waals surface area (Å²) in [5.74, 6) is -1.44. The summed E-state index contributed by atoms with van der Waals surface area (Å²) in [6.45, 7) is 5.83. The highest BCUT2D eigenvalue weighted by molar-refractivity contribution is 5.97. The van der Waals surface area contributed by atoms with Gasteiger partial charge in [0.15, 0.2) is 5.49 Å². The minimum Gasteiger partial charge on any atom is -0.279 e. The lowest BCUT2D eigenvalue weighted by Gasteiger charge is -2.27. The number of aryl methyl sites for hydroxylation is 1. The molecule has 3 aromatic rings. The molecule has 0 aromatic carbocycles. The molecule has 45 heavy (non-hydrogen) atoms. The largest absolute Gasteiger partial charge is 0.279 e. The SMILES string of the molecule is CC(=O)n1c2c(c(C)/c(=C\C=Cc3c(C)c4c(=O)n(C5CCCCC5)[nH]c4n(C(C)=O)c3=O)c1=O)C(=O)N(C1CCCCC1)N=2. The van der Waals surface area contributed by atoms with Gasteiger partial charge in [-0.1, -0.05) is 44.6 Å². The van der Waals surface area contributed by atoms with Gasteiger partial charge in [0.1, 0.15) is 5.65 Å². The van der Waals surface area contributed by atoms with Crippen LogP contribution < -0.4 is 27.4 Å². The van der Waals surface area contributed by atoms with Crippen molar-refractivity contribution in [1.82, 2.24) is 23.9 Å². The number of fused-ring (bicyclic) bond motifs is 2. The van der Waals surface area contributed by atoms with E-state index in [2.05, 4.69) is 10.2 Å². The van der Waals surface area contributed by atoms with Crippen molar-refractivity contribution in [3.63, 3.8) is 0 Å². The Morgan fingerprint density at radius 3 is 1.98 bits per heavy atom. The topological polar surface area (TPSA) is 149 Å². The third-order valence-electron chi connectivity index (χ3n) is 9.62. The van der Waals surface area contributed by atoms with Gasteiger partial charge >= 0.3 is 0 Å². The number of allylic oxidation sites excluding steroid dienone is 1. The van der Waals surface area contributed by atoms with Gasteiger partial charge in [-0.3, -0.25) is 33.9 Å². The number of carbonyl (C=O) groups excluding carboxylic acids is 3. The second kappa shape index (κ2) is 11.7. The molecule has 3 aliphatic rings. The first-order valence-electron chi connectivity index (χ1n) is 15.8. The Kier molecular flexibility index (Phi) is 7.92. The van der Waals surface area contributed by atoms with E-state index in [0.717, 1.165) is 73.3 Å². The lowest BCUT2D eigenvalue weighted by molar-refractivity contribution is 0.0661. The van der Waals surface area contributed by atoms with Gasteiger partial charge in [-0.15, -0.1) is 5.10 Å². The molecule has 0 atom stereocenters. The second-order valence-electron chi connectivity index (χ2n) is 12.5. The molecule has 2 fully saturated rings. The molecule has 2 aliphatic carbocycles. The first-order valence-corrected chi connectivity index (χ1v) is 15.8. The Balaban J connectivity index is 1.49. The summed E-state index contributed by atoms with van der Waals surface area (Å²) in [5.41, 5.74) is -0.150. The minimum absolute atomic E-state index is 0.0319. The van der Waals surface area contributed by atoms with Crippen molar-refractivity contribution in [3.05, 3.63) is 70.1 Å². The maximum Gasteiger partial charge on any atom is 0.278 e. The number of amides is 1. The van der Waals surface area contributed by atoms with E-state index >= 15 is 0 Å². The molecule has 0 radical (unpaired) electrons. The Hall–Kier alpha value is -4.61. The summed E-state index contributed by atoms with van der Waals surface area (Å²) >= 11 is 0. The molecule has 0 bridgehead atoms. The minimum atomic E-state index is -0.625. The van der Waals surface area contributed by atoms with Crippen LogP contribution in [0.5, 0.6) is 0 Å². The standard InChI is InChI=1S/C33H38N6O6/c1-18-24(30(42)36(20(3)40)28-26(18)32(44)38(34-28)22-12-7-5-8-13-22)16-11-17-25-19(2)27-29(37(21(4)41)31(25)43)35-39(33(27)45)23-14-9-6-10-15-23/h11,16-17,22-23,34H,5-10,12-15H2,1-4H3/b16-11?,25-17+. The van der Waals surface area contributed by atoms with Gasteiger partial charge in [0, 0.05) is 24.6 Å². The second-order valence-corrected chi connectivity index (χ2v) is 12.5. The number of nitrogens with one attached hydrogen (secondary N) is 1. The zero-order valence-electron chi connectivity index (χ0n) is 26.1. The molecule has 0 spiro atoms. The molecule has 0 saturated heterocycles. The summed E-state index contributed by atoms with van der Waals surface area (Å²) < 4.78 is 3.45. The fraction of sp³-hybridized carbons (Fsp3) is 0.485. The van der Waals surface area contributed by atoms with E-state index in [4.69, 9.17) is 0 Å². The molecule has 1 aliphatic heterocycles. The van der Waals surface area contributed by atoms with Crippen LogP contribution in [0.1, 0.15) is 121 Å². The molecule has 2 saturated carbocycles. The van der Waals surface area contributed by atoms with Crippen LogP contribution in [-0.2, 0) is 0 Å². The van der Waals surface area contributed by atoms with E-state index in [0.29, 0.717) is 11.1 Å². The van der Waals surface area contributed by atoms with Gasteiger partial charge in [0.25, 0.3) is 22.6 Å². The highest BCUT2D eigenvalue weighted by Crippen LogP contribution is 2.28. The van der Waals surface area contributed by atoms with Crippen molar-refractivity contribution in [3.8, 4) is 0 Å². The van der Waals surface area contributed by atoms with E-state index < -0.39 is 22.9 Å². The molecule has 12 nitrogen and oxygen atoms in total. The Labute approximate surface area is 258 Å². The Bertz CT molecular complexity index is 2100. The number of carbonyl (C=O) groups is 3. The van der Waals surface area contributed by atoms with Gasteiger partial charge in [-0.05, 0) is 62.8 Å². The zero-order valence-corrected chi connectivity index (χ0v) is 26.1. The number of H-pyrrole nitrogens is 1. The number of rotatable bonds is 4. The van der Waals surface area contributed by atoms with Crippen molar-refractivity contribution >= 4 is 40.9 Å². The summed E-state index contributed by atoms with van der Waals surface area (Å²) in [6, 6.07) is -0.117. The number of aromatic amines is 1. The maximum absolute atomic E-state index is 13.6. The summed E-state index contributed by atoms with van der Waals surface area (Å²) in [7, 11) is 0. The number of nitrogens with zero attached hydrogens (tertiary/aromatic N) is 5. The summed E-state index contributed by atoms with van der Waals surface area (Å²) in [5, 5.41) is 9.33. The van der Waals surface area contributed by atoms with E-state index in [1.165, 1.54) is 37.1 Å². The molecule has 6 rings (SSSR count). The number of hydrogen-bond acceptors (Lipinski definition) is 7. The lowest BCUT2D eigenvalue weighted by atomic mass is 9.95. The highest BCUT2D eigenvalue weighted by Gasteiger charge is 2.35. The molecule has 1 N–H and O–H groups in total. The smallest absolute Gasteiger partial charge is 0.278 e. The van der Waals surface area contributed by atoms with E-state index in [-0.39, 0.29) is 56.4 Å². The summed E-state index contributed by atoms with van der Waals surface area (Å²) in [6.07, 6.45) is 13.8. The predicted octanol–water partition coefficient (Wildman–Crippen LogP) is 2.91. The molecule has 1 amide bonds. The predicted molar refractivity (Wildman–Crippen MR) is 169 cm³/mol. The molecule has 236 valence electrons. The van der Waals surface area contributed by atoms with Crippen molar-refractivity contribution in [2.24, 2.45) is 5.10 Å². The number of hydrogen-bond donors (Lipinski definition) is 1. The lowest BCUT2D eigenvalue weighted by Crippen LogP contribution is -2.48. The van der Waals surface area contributed by atoms with Crippen molar-refractivity contribution in [1.29, 1.82) is 0 Å². The average Bonchev–Trinajstić information content (AvgIpc) is 3.53. The van der Waals surface area contributed by atoms with Gasteiger partial charge in [-0.25, -0.2) is 18.8 Å². The van der Waals surface area contributed by atoms with Crippen LogP contribution in [0, 0.1) is 13.8 Å². The van der Waals surface area contributed by atoms with Crippen molar-refractivity contribution < 1.29 is 14.4 Å². The van der Waals surface area contributed by atoms with Gasteiger partial charge in [-0.2, -0.15) is 0 Å². The summed E-state index contributed by atoms with van der Waals surface area (Å²) in [4.78, 5) is 79.8. The highest BCUT2D eigenvalue weighted by atomic mass is 16.2. The van der Waals surface area contributed by atoms with E-state index in [1.54, 1.807) is 18.5 Å². The molecule has 4 heterocycles. The van der Waals surface area contributed by atoms with Crippen LogP contribution in [-0.4, -0.2) is 47.7 Å². The molecule has 3 aromatic heterocycles. The van der Waals surface area contributed by atoms with E-state index in [9.17, 15) is 28.8 Å². The zero-order chi connectivity index (χ0) is 32.2. The Morgan fingerprint density at radius 2 is 1.38 bits per heavy atom. The molecular formula is C33H38N6O6. The monoisotopic (exact) mass is 614 g/mol. The quantitative estimate of drug-likeness (QED) is 0.478. The molecule has 0 unspecified atom stereocenters. The van der Waals surface area contributed by atoms with Crippen LogP contribution in [0.4, 0.5) is 0 Å². The molecule has 12 heteroatoms. The van der Waals surface area contributed by atoms with Crippen LogP contribution >= 0.6 is 0 Å².